The van der Waals surface area contributed by atoms with E-state index in [9.17, 15) is 19.5 Å². The molecule has 0 aliphatic rings. The van der Waals surface area contributed by atoms with Crippen molar-refractivity contribution in [2.75, 3.05) is 7.05 Å². The Hall–Kier alpha value is -2.38. The SMILES string of the molecule is CC(=O)N(C)[C@@H](Cc1cncn1C)C(=O)N[C@@H](CCC(C)(C)C)C(=O)O. The van der Waals surface area contributed by atoms with Gasteiger partial charge >= 0.3 is 5.97 Å². The molecule has 0 spiro atoms. The molecule has 2 N–H and O–H groups in total. The third kappa shape index (κ3) is 6.50. The largest absolute Gasteiger partial charge is 0.480 e. The normalized spacial score (nSPS) is 13.8. The molecule has 0 radical (unpaired) electrons. The van der Waals surface area contributed by atoms with E-state index in [4.69, 9.17) is 0 Å². The number of nitrogens with zero attached hydrogens (tertiary/aromatic N) is 3. The summed E-state index contributed by atoms with van der Waals surface area (Å²) >= 11 is 0. The number of imidazole rings is 1. The average Bonchev–Trinajstić information content (AvgIpc) is 2.91. The summed E-state index contributed by atoms with van der Waals surface area (Å²) in [5, 5.41) is 12.0. The molecule has 8 nitrogen and oxygen atoms in total. The van der Waals surface area contributed by atoms with Crippen LogP contribution in [-0.4, -0.2) is 56.5 Å². The number of aromatic nitrogens is 2. The van der Waals surface area contributed by atoms with E-state index < -0.39 is 24.0 Å². The molecule has 0 saturated carbocycles. The van der Waals surface area contributed by atoms with Crippen LogP contribution in [0.25, 0.3) is 0 Å². The zero-order valence-electron chi connectivity index (χ0n) is 16.4. The number of carbonyl (C=O) groups is 3. The molecule has 0 aliphatic heterocycles. The lowest BCUT2D eigenvalue weighted by molar-refractivity contribution is -0.144. The average molecular weight is 366 g/mol. The van der Waals surface area contributed by atoms with Gasteiger partial charge in [-0.3, -0.25) is 9.59 Å². The number of hydrogen-bond donors (Lipinski definition) is 2. The maximum Gasteiger partial charge on any atom is 0.326 e. The first-order chi connectivity index (χ1) is 11.9. The van der Waals surface area contributed by atoms with Gasteiger partial charge in [0.1, 0.15) is 12.1 Å². The van der Waals surface area contributed by atoms with Crippen molar-refractivity contribution < 1.29 is 19.5 Å². The summed E-state index contributed by atoms with van der Waals surface area (Å²) in [6.07, 6.45) is 4.47. The smallest absolute Gasteiger partial charge is 0.326 e. The molecule has 0 bridgehead atoms. The van der Waals surface area contributed by atoms with Crippen molar-refractivity contribution in [1.82, 2.24) is 19.8 Å². The molecule has 8 heteroatoms. The number of hydrogen-bond acceptors (Lipinski definition) is 4. The number of amides is 2. The topological polar surface area (TPSA) is 105 Å². The van der Waals surface area contributed by atoms with Crippen LogP contribution in [0.4, 0.5) is 0 Å². The van der Waals surface area contributed by atoms with Gasteiger partial charge in [0.2, 0.25) is 11.8 Å². The Morgan fingerprint density at radius 3 is 2.38 bits per heavy atom. The van der Waals surface area contributed by atoms with E-state index in [1.165, 1.54) is 18.9 Å². The zero-order valence-corrected chi connectivity index (χ0v) is 16.4. The standard InChI is InChI=1S/C18H30N4O4/c1-12(23)22(6)15(9-13-10-19-11-21(13)5)16(24)20-14(17(25)26)7-8-18(2,3)4/h10-11,14-15H,7-9H2,1-6H3,(H,20,24)(H,25,26)/t14-,15-/m0/s1. The zero-order chi connectivity index (χ0) is 20.1. The van der Waals surface area contributed by atoms with Crippen LogP contribution >= 0.6 is 0 Å². The molecule has 0 fully saturated rings. The van der Waals surface area contributed by atoms with Gasteiger partial charge in [-0.15, -0.1) is 0 Å². The predicted octanol–water partition coefficient (Wildman–Crippen LogP) is 1.21. The first kappa shape index (κ1) is 21.7. The van der Waals surface area contributed by atoms with Crippen molar-refractivity contribution >= 4 is 17.8 Å². The Morgan fingerprint density at radius 2 is 1.96 bits per heavy atom. The van der Waals surface area contributed by atoms with Gasteiger partial charge in [-0.2, -0.15) is 0 Å². The van der Waals surface area contributed by atoms with Crippen LogP contribution in [0.15, 0.2) is 12.5 Å². The van der Waals surface area contributed by atoms with E-state index in [0.717, 1.165) is 5.69 Å². The fourth-order valence-corrected chi connectivity index (χ4v) is 2.51. The first-order valence-electron chi connectivity index (χ1n) is 8.64. The van der Waals surface area contributed by atoms with Crippen LogP contribution in [-0.2, 0) is 27.9 Å². The molecule has 2 atom stereocenters. The Bertz CT molecular complexity index is 648. The highest BCUT2D eigenvalue weighted by molar-refractivity contribution is 5.90. The molecule has 1 rings (SSSR count). The minimum absolute atomic E-state index is 0.0390. The minimum atomic E-state index is -1.08. The monoisotopic (exact) mass is 366 g/mol. The number of rotatable bonds is 8. The third-order valence-corrected chi connectivity index (χ3v) is 4.38. The molecule has 1 aromatic rings. The van der Waals surface area contributed by atoms with Gasteiger partial charge in [0, 0.05) is 39.3 Å². The van der Waals surface area contributed by atoms with Crippen LogP contribution in [0.1, 0.15) is 46.2 Å². The molecule has 0 unspecified atom stereocenters. The molecule has 0 aromatic carbocycles. The second kappa shape index (κ2) is 8.82. The van der Waals surface area contributed by atoms with Gasteiger partial charge in [-0.05, 0) is 18.3 Å². The van der Waals surface area contributed by atoms with Gasteiger partial charge < -0.3 is 19.9 Å². The number of carbonyl (C=O) groups excluding carboxylic acids is 2. The van der Waals surface area contributed by atoms with E-state index in [1.807, 2.05) is 20.8 Å². The summed E-state index contributed by atoms with van der Waals surface area (Å²) in [6.45, 7) is 7.42. The lowest BCUT2D eigenvalue weighted by atomic mass is 9.88. The maximum atomic E-state index is 12.8. The highest BCUT2D eigenvalue weighted by Crippen LogP contribution is 2.22. The summed E-state index contributed by atoms with van der Waals surface area (Å²) < 4.78 is 1.77. The van der Waals surface area contributed by atoms with Gasteiger partial charge in [0.05, 0.1) is 6.33 Å². The lowest BCUT2D eigenvalue weighted by Crippen LogP contribution is -2.52. The summed E-state index contributed by atoms with van der Waals surface area (Å²) in [5.41, 5.74) is 0.739. The molecule has 146 valence electrons. The molecule has 1 heterocycles. The Balaban J connectivity index is 2.93. The number of aryl methyl sites for hydroxylation is 1. The van der Waals surface area contributed by atoms with Crippen molar-refractivity contribution in [2.24, 2.45) is 12.5 Å². The summed E-state index contributed by atoms with van der Waals surface area (Å²) in [6, 6.07) is -1.80. The third-order valence-electron chi connectivity index (χ3n) is 4.38. The highest BCUT2D eigenvalue weighted by atomic mass is 16.4. The van der Waals surface area contributed by atoms with Crippen molar-refractivity contribution in [3.8, 4) is 0 Å². The van der Waals surface area contributed by atoms with Gasteiger partial charge in [0.15, 0.2) is 0 Å². The molecule has 2 amide bonds. The molecular weight excluding hydrogens is 336 g/mol. The summed E-state index contributed by atoms with van der Waals surface area (Å²) in [5.74, 6) is -1.83. The van der Waals surface area contributed by atoms with Crippen LogP contribution in [0.5, 0.6) is 0 Å². The fraction of sp³-hybridized carbons (Fsp3) is 0.667. The number of carboxylic acids is 1. The first-order valence-corrected chi connectivity index (χ1v) is 8.64. The van der Waals surface area contributed by atoms with Crippen molar-refractivity contribution in [3.05, 3.63) is 18.2 Å². The van der Waals surface area contributed by atoms with E-state index in [0.29, 0.717) is 12.8 Å². The van der Waals surface area contributed by atoms with Crippen LogP contribution in [0, 0.1) is 5.41 Å². The quantitative estimate of drug-likeness (QED) is 0.719. The molecule has 0 aliphatic carbocycles. The van der Waals surface area contributed by atoms with Crippen molar-refractivity contribution in [1.29, 1.82) is 0 Å². The summed E-state index contributed by atoms with van der Waals surface area (Å²) in [7, 11) is 3.34. The van der Waals surface area contributed by atoms with E-state index >= 15 is 0 Å². The lowest BCUT2D eigenvalue weighted by Gasteiger charge is -2.28. The minimum Gasteiger partial charge on any atom is -0.480 e. The second-order valence-electron chi connectivity index (χ2n) is 7.84. The van der Waals surface area contributed by atoms with Gasteiger partial charge in [-0.1, -0.05) is 20.8 Å². The highest BCUT2D eigenvalue weighted by Gasteiger charge is 2.30. The van der Waals surface area contributed by atoms with E-state index in [2.05, 4.69) is 10.3 Å². The van der Waals surface area contributed by atoms with E-state index in [-0.39, 0.29) is 17.7 Å². The van der Waals surface area contributed by atoms with E-state index in [1.54, 1.807) is 24.1 Å². The number of nitrogens with one attached hydrogen (secondary N) is 1. The molecule has 1 aromatic heterocycles. The predicted molar refractivity (Wildman–Crippen MR) is 97.4 cm³/mol. The fourth-order valence-electron chi connectivity index (χ4n) is 2.51. The molecule has 26 heavy (non-hydrogen) atoms. The number of likely N-dealkylation sites (N-methyl/N-ethyl adjacent to an activating group) is 1. The van der Waals surface area contributed by atoms with Crippen LogP contribution < -0.4 is 5.32 Å². The molecule has 0 saturated heterocycles. The Morgan fingerprint density at radius 1 is 1.35 bits per heavy atom. The molecular formula is C18H30N4O4. The summed E-state index contributed by atoms with van der Waals surface area (Å²) in [4.78, 5) is 41.4. The Labute approximate surface area is 154 Å². The second-order valence-corrected chi connectivity index (χ2v) is 7.84. The number of aliphatic carboxylic acids is 1. The maximum absolute atomic E-state index is 12.8. The number of carboxylic acid groups (broad SMARTS) is 1. The van der Waals surface area contributed by atoms with Crippen LogP contribution in [0.3, 0.4) is 0 Å². The van der Waals surface area contributed by atoms with Crippen molar-refractivity contribution in [2.45, 2.75) is 59.0 Å². The van der Waals surface area contributed by atoms with Crippen LogP contribution in [0.2, 0.25) is 0 Å². The van der Waals surface area contributed by atoms with Crippen molar-refractivity contribution in [3.63, 3.8) is 0 Å². The Kier molecular flexibility index (Phi) is 7.35. The van der Waals surface area contributed by atoms with Gasteiger partial charge in [0.25, 0.3) is 0 Å². The van der Waals surface area contributed by atoms with Gasteiger partial charge in [-0.25, -0.2) is 9.78 Å².